The van der Waals surface area contributed by atoms with Gasteiger partial charge in [0.2, 0.25) is 0 Å². The molecule has 0 amide bonds. The minimum atomic E-state index is -0.0163. The van der Waals surface area contributed by atoms with E-state index in [1.165, 1.54) is 11.1 Å². The highest BCUT2D eigenvalue weighted by Crippen LogP contribution is 2.17. The van der Waals surface area contributed by atoms with Crippen LogP contribution in [0.15, 0.2) is 59.7 Å². The molecule has 0 radical (unpaired) electrons. The van der Waals surface area contributed by atoms with Crippen LogP contribution < -0.4 is 5.73 Å². The maximum atomic E-state index is 6.36. The highest BCUT2D eigenvalue weighted by molar-refractivity contribution is 7.07. The van der Waals surface area contributed by atoms with Gasteiger partial charge in [-0.05, 0) is 40.8 Å². The molecule has 0 aliphatic carbocycles. The Morgan fingerprint density at radius 2 is 2.00 bits per heavy atom. The van der Waals surface area contributed by atoms with E-state index >= 15 is 0 Å². The molecule has 2 heterocycles. The van der Waals surface area contributed by atoms with Crippen LogP contribution >= 0.6 is 11.3 Å². The molecule has 3 aromatic rings. The second-order valence-corrected chi connectivity index (χ2v) is 5.97. The van der Waals surface area contributed by atoms with Crippen molar-refractivity contribution in [1.82, 2.24) is 9.55 Å². The minimum absolute atomic E-state index is 0.0163. The average molecular weight is 297 g/mol. The molecule has 0 spiro atoms. The van der Waals surface area contributed by atoms with E-state index in [0.29, 0.717) is 0 Å². The Morgan fingerprint density at radius 1 is 1.14 bits per heavy atom. The summed E-state index contributed by atoms with van der Waals surface area (Å²) in [6.07, 6.45) is 5.63. The molecule has 2 N–H and O–H groups in total. The Bertz CT molecular complexity index is 658. The number of thiophene rings is 1. The molecule has 21 heavy (non-hydrogen) atoms. The van der Waals surface area contributed by atoms with Crippen LogP contribution in [0.1, 0.15) is 22.9 Å². The molecule has 1 atom stereocenters. The van der Waals surface area contributed by atoms with Crippen molar-refractivity contribution in [1.29, 1.82) is 0 Å². The summed E-state index contributed by atoms with van der Waals surface area (Å²) in [7, 11) is 0. The predicted octanol–water partition coefficient (Wildman–Crippen LogP) is 3.43. The van der Waals surface area contributed by atoms with E-state index in [0.717, 1.165) is 25.1 Å². The van der Waals surface area contributed by atoms with Gasteiger partial charge in [0.05, 0.1) is 18.1 Å². The Labute approximate surface area is 129 Å². The fourth-order valence-corrected chi connectivity index (χ4v) is 3.19. The molecular formula is C17H19N3S. The van der Waals surface area contributed by atoms with Gasteiger partial charge in [0.1, 0.15) is 0 Å². The number of hydrogen-bond acceptors (Lipinski definition) is 3. The summed E-state index contributed by atoms with van der Waals surface area (Å²) in [6.45, 7) is 0.925. The van der Waals surface area contributed by atoms with E-state index in [-0.39, 0.29) is 6.04 Å². The fourth-order valence-electron chi connectivity index (χ4n) is 2.48. The number of nitrogens with zero attached hydrogens (tertiary/aromatic N) is 2. The molecule has 0 saturated heterocycles. The molecule has 108 valence electrons. The van der Waals surface area contributed by atoms with E-state index in [2.05, 4.69) is 50.6 Å². The third-order valence-corrected chi connectivity index (χ3v) is 4.38. The quantitative estimate of drug-likeness (QED) is 0.757. The summed E-state index contributed by atoms with van der Waals surface area (Å²) in [5, 5.41) is 4.31. The van der Waals surface area contributed by atoms with E-state index in [9.17, 15) is 0 Å². The second-order valence-electron chi connectivity index (χ2n) is 5.19. The zero-order valence-electron chi connectivity index (χ0n) is 11.9. The van der Waals surface area contributed by atoms with Gasteiger partial charge in [0, 0.05) is 12.7 Å². The minimum Gasteiger partial charge on any atom is -0.333 e. The molecule has 3 nitrogen and oxygen atoms in total. The number of aromatic nitrogens is 2. The van der Waals surface area contributed by atoms with Gasteiger partial charge in [-0.25, -0.2) is 4.98 Å². The topological polar surface area (TPSA) is 43.8 Å². The number of benzene rings is 1. The SMILES string of the molecule is N[C@H](Cc1ccccc1)c1cncn1CCc1ccsc1. The summed E-state index contributed by atoms with van der Waals surface area (Å²) < 4.78 is 2.17. The van der Waals surface area contributed by atoms with Crippen LogP contribution in [0, 0.1) is 0 Å². The number of rotatable bonds is 6. The van der Waals surface area contributed by atoms with E-state index in [1.54, 1.807) is 11.3 Å². The first-order valence-electron chi connectivity index (χ1n) is 7.13. The largest absolute Gasteiger partial charge is 0.333 e. The number of imidazole rings is 1. The van der Waals surface area contributed by atoms with Gasteiger partial charge >= 0.3 is 0 Å². The summed E-state index contributed by atoms with van der Waals surface area (Å²) in [5.41, 5.74) is 10.1. The maximum absolute atomic E-state index is 6.36. The van der Waals surface area contributed by atoms with Crippen molar-refractivity contribution in [2.45, 2.75) is 25.4 Å². The van der Waals surface area contributed by atoms with Crippen LogP contribution in [0.25, 0.3) is 0 Å². The highest BCUT2D eigenvalue weighted by Gasteiger charge is 2.12. The molecular weight excluding hydrogens is 278 g/mol. The number of hydrogen-bond donors (Lipinski definition) is 1. The summed E-state index contributed by atoms with van der Waals surface area (Å²) in [5.74, 6) is 0. The lowest BCUT2D eigenvalue weighted by Crippen LogP contribution is -2.18. The van der Waals surface area contributed by atoms with Crippen LogP contribution in [0.5, 0.6) is 0 Å². The Morgan fingerprint density at radius 3 is 2.76 bits per heavy atom. The number of nitrogens with two attached hydrogens (primary N) is 1. The molecule has 0 saturated carbocycles. The number of aryl methyl sites for hydroxylation is 2. The predicted molar refractivity (Wildman–Crippen MR) is 87.3 cm³/mol. The van der Waals surface area contributed by atoms with Crippen LogP contribution in [0.2, 0.25) is 0 Å². The smallest absolute Gasteiger partial charge is 0.0948 e. The lowest BCUT2D eigenvalue weighted by atomic mass is 10.0. The van der Waals surface area contributed by atoms with Crippen LogP contribution in [0.3, 0.4) is 0 Å². The third kappa shape index (κ3) is 3.60. The van der Waals surface area contributed by atoms with Crippen molar-refractivity contribution in [3.63, 3.8) is 0 Å². The molecule has 3 rings (SSSR count). The van der Waals surface area contributed by atoms with Crippen molar-refractivity contribution in [3.05, 3.63) is 76.5 Å². The Balaban J connectivity index is 1.66. The first kappa shape index (κ1) is 14.0. The summed E-state index contributed by atoms with van der Waals surface area (Å²) >= 11 is 1.74. The van der Waals surface area contributed by atoms with E-state index in [1.807, 2.05) is 18.6 Å². The van der Waals surface area contributed by atoms with E-state index < -0.39 is 0 Å². The molecule has 0 bridgehead atoms. The molecule has 0 aliphatic heterocycles. The third-order valence-electron chi connectivity index (χ3n) is 3.64. The van der Waals surface area contributed by atoms with Crippen molar-refractivity contribution >= 4 is 11.3 Å². The van der Waals surface area contributed by atoms with Gasteiger partial charge in [-0.15, -0.1) is 0 Å². The van der Waals surface area contributed by atoms with Gasteiger partial charge in [0.15, 0.2) is 0 Å². The van der Waals surface area contributed by atoms with E-state index in [4.69, 9.17) is 5.73 Å². The molecule has 1 aromatic carbocycles. The van der Waals surface area contributed by atoms with Crippen molar-refractivity contribution in [2.75, 3.05) is 0 Å². The first-order chi connectivity index (χ1) is 10.3. The molecule has 0 aliphatic rings. The van der Waals surface area contributed by atoms with Gasteiger partial charge in [-0.3, -0.25) is 0 Å². The maximum Gasteiger partial charge on any atom is 0.0948 e. The Hall–Kier alpha value is -1.91. The van der Waals surface area contributed by atoms with Gasteiger partial charge in [0.25, 0.3) is 0 Å². The lowest BCUT2D eigenvalue weighted by Gasteiger charge is -2.14. The molecule has 4 heteroatoms. The van der Waals surface area contributed by atoms with Crippen molar-refractivity contribution < 1.29 is 0 Å². The lowest BCUT2D eigenvalue weighted by molar-refractivity contribution is 0.598. The Kier molecular flexibility index (Phi) is 4.48. The van der Waals surface area contributed by atoms with Crippen molar-refractivity contribution in [3.8, 4) is 0 Å². The zero-order valence-corrected chi connectivity index (χ0v) is 12.7. The monoisotopic (exact) mass is 297 g/mol. The zero-order chi connectivity index (χ0) is 14.5. The highest BCUT2D eigenvalue weighted by atomic mass is 32.1. The van der Waals surface area contributed by atoms with Crippen LogP contribution in [-0.2, 0) is 19.4 Å². The summed E-state index contributed by atoms with van der Waals surface area (Å²) in [6, 6.07) is 12.5. The van der Waals surface area contributed by atoms with Crippen molar-refractivity contribution in [2.24, 2.45) is 5.73 Å². The van der Waals surface area contributed by atoms with Gasteiger partial charge < -0.3 is 10.3 Å². The molecule has 0 fully saturated rings. The van der Waals surface area contributed by atoms with Gasteiger partial charge in [-0.1, -0.05) is 30.3 Å². The first-order valence-corrected chi connectivity index (χ1v) is 8.08. The fraction of sp³-hybridized carbons (Fsp3) is 0.235. The van der Waals surface area contributed by atoms with Crippen LogP contribution in [-0.4, -0.2) is 9.55 Å². The summed E-state index contributed by atoms with van der Waals surface area (Å²) in [4.78, 5) is 4.27. The molecule has 0 unspecified atom stereocenters. The van der Waals surface area contributed by atoms with Crippen LogP contribution in [0.4, 0.5) is 0 Å². The standard InChI is InChI=1S/C17H19N3S/c18-16(10-14-4-2-1-3-5-14)17-11-19-13-20(17)8-6-15-7-9-21-12-15/h1-5,7,9,11-13,16H,6,8,10,18H2/t16-/m1/s1. The molecule has 2 aromatic heterocycles. The average Bonchev–Trinajstić information content (AvgIpc) is 3.17. The second kappa shape index (κ2) is 6.70. The normalized spacial score (nSPS) is 12.4. The van der Waals surface area contributed by atoms with Gasteiger partial charge in [-0.2, -0.15) is 11.3 Å².